The molecule has 1 N–H and O–H groups in total. The number of hydrogen-bond donors (Lipinski definition) is 1. The Kier molecular flexibility index (Phi) is 8.02. The van der Waals surface area contributed by atoms with E-state index in [1.807, 2.05) is 43.2 Å². The van der Waals surface area contributed by atoms with Crippen LogP contribution in [0.5, 0.6) is 0 Å². The summed E-state index contributed by atoms with van der Waals surface area (Å²) in [6, 6.07) is 5.35. The average Bonchev–Trinajstić information content (AvgIpc) is 3.52. The molecule has 3 aromatic rings. The van der Waals surface area contributed by atoms with Crippen molar-refractivity contribution in [3.63, 3.8) is 0 Å². The average molecular weight is 516 g/mol. The van der Waals surface area contributed by atoms with Crippen molar-refractivity contribution >= 4 is 40.6 Å². The maximum atomic E-state index is 13.1. The molecule has 0 aromatic carbocycles. The summed E-state index contributed by atoms with van der Waals surface area (Å²) >= 11 is 7.96. The first kappa shape index (κ1) is 25.1. The summed E-state index contributed by atoms with van der Waals surface area (Å²) < 4.78 is 1.68. The number of nitrogens with zero attached hydrogens (tertiary/aromatic N) is 6. The zero-order chi connectivity index (χ0) is 24.9. The largest absolute Gasteiger partial charge is 0.349 e. The van der Waals surface area contributed by atoms with Crippen LogP contribution in [0.2, 0.25) is 5.15 Å². The van der Waals surface area contributed by atoms with Crippen molar-refractivity contribution in [2.45, 2.75) is 45.7 Å². The monoisotopic (exact) mass is 515 g/mol. The van der Waals surface area contributed by atoms with Gasteiger partial charge in [0.2, 0.25) is 17.8 Å². The van der Waals surface area contributed by atoms with Gasteiger partial charge in [-0.3, -0.25) is 14.2 Å². The number of nitrogens with one attached hydrogen (secondary N) is 1. The molecule has 186 valence electrons. The van der Waals surface area contributed by atoms with Gasteiger partial charge in [-0.1, -0.05) is 31.5 Å². The maximum Gasteiger partial charge on any atom is 0.238 e. The lowest BCUT2D eigenvalue weighted by Crippen LogP contribution is -2.56. The van der Waals surface area contributed by atoms with Gasteiger partial charge in [0.15, 0.2) is 0 Å². The quantitative estimate of drug-likeness (QED) is 0.459. The first-order chi connectivity index (χ1) is 16.8. The van der Waals surface area contributed by atoms with Crippen molar-refractivity contribution in [1.29, 1.82) is 0 Å². The molecule has 9 nitrogen and oxygen atoms in total. The summed E-state index contributed by atoms with van der Waals surface area (Å²) in [5.74, 6) is 1.32. The van der Waals surface area contributed by atoms with E-state index in [9.17, 15) is 9.59 Å². The summed E-state index contributed by atoms with van der Waals surface area (Å²) in [6.45, 7) is 7.57. The highest BCUT2D eigenvalue weighted by Crippen LogP contribution is 2.25. The van der Waals surface area contributed by atoms with Crippen molar-refractivity contribution in [1.82, 2.24) is 29.7 Å². The molecule has 1 fully saturated rings. The third kappa shape index (κ3) is 6.37. The number of anilines is 1. The Hall–Kier alpha value is -2.98. The lowest BCUT2D eigenvalue weighted by Gasteiger charge is -2.42. The molecular formula is C24H30ClN7O2S. The van der Waals surface area contributed by atoms with Gasteiger partial charge in [0.25, 0.3) is 0 Å². The zero-order valence-corrected chi connectivity index (χ0v) is 21.7. The normalized spacial score (nSPS) is 17.0. The van der Waals surface area contributed by atoms with E-state index in [0.29, 0.717) is 43.0 Å². The van der Waals surface area contributed by atoms with Crippen molar-refractivity contribution in [2.75, 3.05) is 24.5 Å². The molecule has 4 rings (SSSR count). The predicted molar refractivity (Wildman–Crippen MR) is 137 cm³/mol. The number of piperazine rings is 1. The fraction of sp³-hybridized carbons (Fsp3) is 0.458. The molecule has 0 aliphatic carbocycles. The molecule has 0 radical (unpaired) electrons. The summed E-state index contributed by atoms with van der Waals surface area (Å²) in [7, 11) is 0. The minimum atomic E-state index is -0.253. The van der Waals surface area contributed by atoms with Crippen LogP contribution in [0.3, 0.4) is 0 Å². The van der Waals surface area contributed by atoms with Gasteiger partial charge in [-0.25, -0.2) is 9.97 Å². The van der Waals surface area contributed by atoms with Crippen LogP contribution in [0.25, 0.3) is 5.95 Å². The third-order valence-corrected chi connectivity index (χ3v) is 7.13. The van der Waals surface area contributed by atoms with E-state index in [2.05, 4.69) is 20.2 Å². The minimum absolute atomic E-state index is 0.0750. The minimum Gasteiger partial charge on any atom is -0.349 e. The highest BCUT2D eigenvalue weighted by atomic mass is 35.5. The van der Waals surface area contributed by atoms with Crippen molar-refractivity contribution in [3.05, 3.63) is 52.3 Å². The van der Waals surface area contributed by atoms with E-state index < -0.39 is 0 Å². The number of thiophene rings is 1. The van der Waals surface area contributed by atoms with E-state index in [0.717, 1.165) is 4.88 Å². The van der Waals surface area contributed by atoms with Gasteiger partial charge in [-0.15, -0.1) is 11.3 Å². The summed E-state index contributed by atoms with van der Waals surface area (Å²) in [5, 5.41) is 5.39. The first-order valence-electron chi connectivity index (χ1n) is 11.7. The van der Waals surface area contributed by atoms with Crippen molar-refractivity contribution in [3.8, 4) is 5.95 Å². The number of imidazole rings is 1. The molecule has 1 aliphatic rings. The summed E-state index contributed by atoms with van der Waals surface area (Å²) in [4.78, 5) is 44.0. The molecule has 1 aliphatic heterocycles. The van der Waals surface area contributed by atoms with Crippen LogP contribution in [0.1, 0.15) is 44.5 Å². The molecule has 0 spiro atoms. The Bertz CT molecular complexity index is 1140. The molecule has 0 saturated carbocycles. The SMILES string of the molecule is CC(C)CC(=O)N1CCN(c2cc(Cl)nc(-n3ccnc3)n2)C(CC(=O)NC(C)c2cccs2)C1. The van der Waals surface area contributed by atoms with Gasteiger partial charge >= 0.3 is 0 Å². The zero-order valence-electron chi connectivity index (χ0n) is 20.1. The van der Waals surface area contributed by atoms with Crippen LogP contribution in [0.15, 0.2) is 42.3 Å². The molecule has 11 heteroatoms. The van der Waals surface area contributed by atoms with E-state index in [4.69, 9.17) is 16.6 Å². The molecule has 35 heavy (non-hydrogen) atoms. The summed E-state index contributed by atoms with van der Waals surface area (Å²) in [6.07, 6.45) is 5.70. The highest BCUT2D eigenvalue weighted by Gasteiger charge is 2.33. The Balaban J connectivity index is 1.56. The van der Waals surface area contributed by atoms with Gasteiger partial charge in [0.05, 0.1) is 12.1 Å². The Morgan fingerprint density at radius 2 is 2.09 bits per heavy atom. The second kappa shape index (κ2) is 11.2. The predicted octanol–water partition coefficient (Wildman–Crippen LogP) is 3.71. The molecule has 2 atom stereocenters. The fourth-order valence-corrected chi connectivity index (χ4v) is 5.10. The number of aromatic nitrogens is 4. The first-order valence-corrected chi connectivity index (χ1v) is 13.0. The highest BCUT2D eigenvalue weighted by molar-refractivity contribution is 7.10. The second-order valence-electron chi connectivity index (χ2n) is 9.11. The summed E-state index contributed by atoms with van der Waals surface area (Å²) in [5.41, 5.74) is 0. The van der Waals surface area contributed by atoms with Crippen LogP contribution in [-0.2, 0) is 9.59 Å². The van der Waals surface area contributed by atoms with Crippen LogP contribution in [-0.4, -0.2) is 61.9 Å². The number of halogens is 1. The van der Waals surface area contributed by atoms with E-state index in [1.165, 1.54) is 0 Å². The van der Waals surface area contributed by atoms with Gasteiger partial charge in [0.1, 0.15) is 17.3 Å². The van der Waals surface area contributed by atoms with Crippen molar-refractivity contribution < 1.29 is 9.59 Å². The number of amides is 2. The fourth-order valence-electron chi connectivity index (χ4n) is 4.19. The van der Waals surface area contributed by atoms with Gasteiger partial charge in [-0.05, 0) is 24.3 Å². The molecule has 0 bridgehead atoms. The topological polar surface area (TPSA) is 96.2 Å². The van der Waals surface area contributed by atoms with E-state index in [-0.39, 0.29) is 36.2 Å². The molecule has 3 aromatic heterocycles. The Morgan fingerprint density at radius 1 is 1.26 bits per heavy atom. The van der Waals surface area contributed by atoms with Crippen LogP contribution in [0.4, 0.5) is 5.82 Å². The van der Waals surface area contributed by atoms with Gasteiger partial charge in [-0.2, -0.15) is 4.98 Å². The van der Waals surface area contributed by atoms with Gasteiger partial charge in [0, 0.05) is 55.8 Å². The smallest absolute Gasteiger partial charge is 0.238 e. The Labute approximate surface area is 214 Å². The van der Waals surface area contributed by atoms with E-state index in [1.54, 1.807) is 40.7 Å². The number of carbonyl (C=O) groups is 2. The number of hydrogen-bond acceptors (Lipinski definition) is 7. The molecule has 4 heterocycles. The second-order valence-corrected chi connectivity index (χ2v) is 10.5. The van der Waals surface area contributed by atoms with Gasteiger partial charge < -0.3 is 15.1 Å². The lowest BCUT2D eigenvalue weighted by molar-refractivity contribution is -0.133. The van der Waals surface area contributed by atoms with Crippen molar-refractivity contribution in [2.24, 2.45) is 5.92 Å². The molecule has 2 amide bonds. The van der Waals surface area contributed by atoms with Crippen LogP contribution in [0, 0.1) is 5.92 Å². The Morgan fingerprint density at radius 3 is 2.77 bits per heavy atom. The number of rotatable bonds is 8. The van der Waals surface area contributed by atoms with Crippen LogP contribution < -0.4 is 10.2 Å². The molecule has 1 saturated heterocycles. The number of carbonyl (C=O) groups excluding carboxylic acids is 2. The van der Waals surface area contributed by atoms with E-state index >= 15 is 0 Å². The van der Waals surface area contributed by atoms with Crippen LogP contribution >= 0.6 is 22.9 Å². The maximum absolute atomic E-state index is 13.1. The lowest BCUT2D eigenvalue weighted by atomic mass is 10.0. The molecular weight excluding hydrogens is 486 g/mol. The standard InChI is InChI=1S/C24H30ClN7O2S/c1-16(2)11-23(34)30-8-9-32(21-13-20(25)28-24(29-21)31-7-6-26-15-31)18(14-30)12-22(33)27-17(3)19-5-4-10-35-19/h4-7,10,13,15-18H,8-9,11-12,14H2,1-3H3,(H,27,33). The third-order valence-electron chi connectivity index (χ3n) is 5.89. The molecule has 2 unspecified atom stereocenters.